The molecule has 0 spiro atoms. The molecule has 1 heterocycles. The maximum absolute atomic E-state index is 10.8. The zero-order valence-electron chi connectivity index (χ0n) is 19.3. The molecular weight excluding hydrogens is 404 g/mol. The Balaban J connectivity index is 1.79. The predicted octanol–water partition coefficient (Wildman–Crippen LogP) is 6.99. The molecule has 5 rings (SSSR count). The van der Waals surface area contributed by atoms with Crippen molar-refractivity contribution in [2.24, 2.45) is 0 Å². The molecule has 2 atom stereocenters. The number of hydrogen-bond acceptors (Lipinski definition) is 2. The minimum absolute atomic E-state index is 0.0120. The van der Waals surface area contributed by atoms with E-state index in [-0.39, 0.29) is 17.8 Å². The maximum Gasteiger partial charge on any atom is 0.245 e. The number of para-hydroxylation sites is 2. The second-order valence-electron chi connectivity index (χ2n) is 8.88. The summed E-state index contributed by atoms with van der Waals surface area (Å²) in [5.41, 5.74) is 8.22. The third-order valence-electron chi connectivity index (χ3n) is 6.48. The highest BCUT2D eigenvalue weighted by Gasteiger charge is 2.47. The first kappa shape index (κ1) is 21.0. The highest BCUT2D eigenvalue weighted by molar-refractivity contribution is 5.83. The van der Waals surface area contributed by atoms with Gasteiger partial charge in [0.05, 0.1) is 0 Å². The van der Waals surface area contributed by atoms with Crippen molar-refractivity contribution in [3.05, 3.63) is 125 Å². The lowest BCUT2D eigenvalue weighted by atomic mass is 9.91. The minimum atomic E-state index is -0.0120. The molecule has 0 bridgehead atoms. The van der Waals surface area contributed by atoms with Crippen molar-refractivity contribution in [3.63, 3.8) is 0 Å². The van der Waals surface area contributed by atoms with E-state index in [1.807, 2.05) is 18.2 Å². The average molecular weight is 434 g/mol. The van der Waals surface area contributed by atoms with Gasteiger partial charge < -0.3 is 5.11 Å². The number of anilines is 1. The molecule has 0 aromatic heterocycles. The number of rotatable bonds is 4. The monoisotopic (exact) mass is 433 g/mol. The Morgan fingerprint density at radius 1 is 0.697 bits per heavy atom. The van der Waals surface area contributed by atoms with Crippen LogP contribution < -0.4 is 4.90 Å². The van der Waals surface area contributed by atoms with E-state index in [0.29, 0.717) is 0 Å². The van der Waals surface area contributed by atoms with Gasteiger partial charge in [0.15, 0.2) is 23.5 Å². The Labute approximate surface area is 195 Å². The number of nitrogens with zero attached hydrogens (tertiary/aromatic N) is 2. The van der Waals surface area contributed by atoms with Crippen LogP contribution in [-0.4, -0.2) is 16.0 Å². The molecule has 33 heavy (non-hydrogen) atoms. The zero-order chi connectivity index (χ0) is 22.9. The van der Waals surface area contributed by atoms with Gasteiger partial charge in [0.2, 0.25) is 6.34 Å². The molecule has 164 valence electrons. The molecule has 4 aromatic carbocycles. The van der Waals surface area contributed by atoms with Gasteiger partial charge in [0.1, 0.15) is 5.69 Å². The quantitative estimate of drug-likeness (QED) is 0.351. The zero-order valence-corrected chi connectivity index (χ0v) is 19.3. The Bertz CT molecular complexity index is 1290. The van der Waals surface area contributed by atoms with Gasteiger partial charge in [0, 0.05) is 11.1 Å². The van der Waals surface area contributed by atoms with Crippen LogP contribution in [0.5, 0.6) is 5.75 Å². The number of aryl methyl sites for hydroxylation is 3. The summed E-state index contributed by atoms with van der Waals surface area (Å²) in [5.74, 6) is 0.278. The fraction of sp³-hybridized carbons (Fsp3) is 0.167. The molecule has 3 nitrogen and oxygen atoms in total. The molecule has 0 saturated carbocycles. The van der Waals surface area contributed by atoms with Crippen LogP contribution in [0, 0.1) is 20.8 Å². The van der Waals surface area contributed by atoms with Crippen molar-refractivity contribution in [2.75, 3.05) is 4.90 Å². The topological polar surface area (TPSA) is 26.5 Å². The first-order valence-corrected chi connectivity index (χ1v) is 11.4. The average Bonchev–Trinajstić information content (AvgIpc) is 3.19. The van der Waals surface area contributed by atoms with Crippen LogP contribution in [0.3, 0.4) is 0 Å². The highest BCUT2D eigenvalue weighted by atomic mass is 16.3. The fourth-order valence-electron chi connectivity index (χ4n) is 5.24. The molecule has 0 amide bonds. The fourth-order valence-corrected chi connectivity index (χ4v) is 5.24. The van der Waals surface area contributed by atoms with E-state index in [0.717, 1.165) is 5.69 Å². The van der Waals surface area contributed by atoms with Gasteiger partial charge in [-0.3, -0.25) is 0 Å². The normalized spacial score (nSPS) is 17.8. The number of aromatic hydroxyl groups is 1. The van der Waals surface area contributed by atoms with E-state index in [1.165, 1.54) is 33.5 Å². The Morgan fingerprint density at radius 3 is 1.85 bits per heavy atom. The first-order chi connectivity index (χ1) is 16.0. The molecule has 0 radical (unpaired) electrons. The summed E-state index contributed by atoms with van der Waals surface area (Å²) in [6.45, 7) is 6.52. The molecule has 1 aliphatic heterocycles. The van der Waals surface area contributed by atoms with Crippen molar-refractivity contribution >= 4 is 17.7 Å². The second-order valence-corrected chi connectivity index (χ2v) is 8.88. The Kier molecular flexibility index (Phi) is 5.47. The van der Waals surface area contributed by atoms with Crippen molar-refractivity contribution in [2.45, 2.75) is 32.9 Å². The van der Waals surface area contributed by atoms with Gasteiger partial charge in [-0.25, -0.2) is 9.48 Å². The van der Waals surface area contributed by atoms with Gasteiger partial charge in [0.25, 0.3) is 0 Å². The smallest absolute Gasteiger partial charge is 0.245 e. The summed E-state index contributed by atoms with van der Waals surface area (Å²) >= 11 is 0. The summed E-state index contributed by atoms with van der Waals surface area (Å²) < 4.78 is 2.39. The summed E-state index contributed by atoms with van der Waals surface area (Å²) in [7, 11) is 0. The second kappa shape index (κ2) is 8.59. The molecule has 4 aromatic rings. The largest absolute Gasteiger partial charge is 0.504 e. The predicted molar refractivity (Wildman–Crippen MR) is 136 cm³/mol. The van der Waals surface area contributed by atoms with E-state index in [2.05, 4.69) is 109 Å². The molecule has 0 fully saturated rings. The molecule has 0 unspecified atom stereocenters. The minimum Gasteiger partial charge on any atom is -0.504 e. The summed E-state index contributed by atoms with van der Waals surface area (Å²) in [5, 5.41) is 10.8. The van der Waals surface area contributed by atoms with Crippen LogP contribution in [0.2, 0.25) is 0 Å². The van der Waals surface area contributed by atoms with Crippen molar-refractivity contribution in [3.8, 4) is 5.75 Å². The van der Waals surface area contributed by atoms with Crippen molar-refractivity contribution in [1.82, 2.24) is 0 Å². The maximum atomic E-state index is 10.8. The van der Waals surface area contributed by atoms with Crippen molar-refractivity contribution < 1.29 is 9.68 Å². The lowest BCUT2D eigenvalue weighted by molar-refractivity contribution is -0.482. The molecular formula is C30H29N2O+. The molecule has 3 heteroatoms. The standard InChI is InChI=1S/C30H28N2O/c1-21-18-22(2)28(23(3)19-21)32-20-31(26-16-10-11-17-27(26)33)29(24-12-6-4-7-13-24)30(32)25-14-8-5-9-15-25/h4-20,29-30H,1-3H3/p+1/t29-,30-/m0/s1. The van der Waals surface area contributed by atoms with Gasteiger partial charge in [-0.05, 0) is 44.0 Å². The molecule has 1 aliphatic rings. The summed E-state index contributed by atoms with van der Waals surface area (Å²) in [4.78, 5) is 2.22. The number of phenols is 1. The van der Waals surface area contributed by atoms with Crippen LogP contribution >= 0.6 is 0 Å². The van der Waals surface area contributed by atoms with Gasteiger partial charge >= 0.3 is 0 Å². The van der Waals surface area contributed by atoms with Crippen LogP contribution in [0.1, 0.15) is 39.9 Å². The van der Waals surface area contributed by atoms with Gasteiger partial charge in [-0.2, -0.15) is 0 Å². The number of hydrogen-bond donors (Lipinski definition) is 1. The first-order valence-electron chi connectivity index (χ1n) is 11.4. The van der Waals surface area contributed by atoms with E-state index >= 15 is 0 Å². The van der Waals surface area contributed by atoms with E-state index in [4.69, 9.17) is 0 Å². The van der Waals surface area contributed by atoms with Gasteiger partial charge in [-0.15, -0.1) is 0 Å². The Hall–Kier alpha value is -3.85. The lowest BCUT2D eigenvalue weighted by Crippen LogP contribution is -2.26. The summed E-state index contributed by atoms with van der Waals surface area (Å²) in [6, 6.07) is 33.4. The third kappa shape index (κ3) is 3.80. The van der Waals surface area contributed by atoms with Crippen LogP contribution in [0.25, 0.3) is 0 Å². The lowest BCUT2D eigenvalue weighted by Gasteiger charge is -2.25. The molecule has 1 N–H and O–H groups in total. The van der Waals surface area contributed by atoms with Crippen molar-refractivity contribution in [1.29, 1.82) is 0 Å². The van der Waals surface area contributed by atoms with E-state index < -0.39 is 0 Å². The number of phenolic OH excluding ortho intramolecular Hbond substituents is 1. The SMILES string of the molecule is Cc1cc(C)c([N+]2=CN(c3ccccc3O)[C@@H](c3ccccc3)[C@@H]2c2ccccc2)c(C)c1. The van der Waals surface area contributed by atoms with Crippen LogP contribution in [-0.2, 0) is 0 Å². The molecule has 0 saturated heterocycles. The van der Waals surface area contributed by atoms with E-state index in [9.17, 15) is 5.11 Å². The third-order valence-corrected chi connectivity index (χ3v) is 6.48. The van der Waals surface area contributed by atoms with Gasteiger partial charge in [-0.1, -0.05) is 90.5 Å². The van der Waals surface area contributed by atoms with E-state index in [1.54, 1.807) is 6.07 Å². The number of benzene rings is 4. The summed E-state index contributed by atoms with van der Waals surface area (Å²) in [6.07, 6.45) is 2.18. The van der Waals surface area contributed by atoms with Crippen LogP contribution in [0.15, 0.2) is 97.1 Å². The molecule has 0 aliphatic carbocycles. The van der Waals surface area contributed by atoms with Crippen LogP contribution in [0.4, 0.5) is 11.4 Å². The Morgan fingerprint density at radius 2 is 1.24 bits per heavy atom. The highest BCUT2D eigenvalue weighted by Crippen LogP contribution is 2.47.